The van der Waals surface area contributed by atoms with Crippen molar-refractivity contribution in [1.82, 2.24) is 25.0 Å². The van der Waals surface area contributed by atoms with Gasteiger partial charge in [-0.15, -0.1) is 5.10 Å². The monoisotopic (exact) mass is 422 g/mol. The Labute approximate surface area is 172 Å². The van der Waals surface area contributed by atoms with Crippen molar-refractivity contribution in [2.45, 2.75) is 23.6 Å². The summed E-state index contributed by atoms with van der Waals surface area (Å²) in [6.45, 7) is 3.72. The molecule has 0 aliphatic rings. The minimum Gasteiger partial charge on any atom is -0.298 e. The van der Waals surface area contributed by atoms with Gasteiger partial charge in [-0.3, -0.25) is 15.6 Å². The van der Waals surface area contributed by atoms with E-state index >= 15 is 0 Å². The lowest BCUT2D eigenvalue weighted by atomic mass is 10.2. The molecule has 2 N–H and O–H groups in total. The van der Waals surface area contributed by atoms with E-state index in [1.807, 2.05) is 13.8 Å². The van der Waals surface area contributed by atoms with Gasteiger partial charge in [-0.25, -0.2) is 17.9 Å². The van der Waals surface area contributed by atoms with Gasteiger partial charge in [0.2, 0.25) is 15.7 Å². The second-order valence-electron chi connectivity index (χ2n) is 6.65. The van der Waals surface area contributed by atoms with E-state index in [2.05, 4.69) is 25.9 Å². The highest BCUT2D eigenvalue weighted by atomic mass is 32.2. The van der Waals surface area contributed by atoms with Crippen molar-refractivity contribution in [3.63, 3.8) is 0 Å². The summed E-state index contributed by atoms with van der Waals surface area (Å²) in [5.41, 5.74) is 7.49. The predicted octanol–water partition coefficient (Wildman–Crippen LogP) is 2.33. The largest absolute Gasteiger partial charge is 0.309 e. The molecule has 0 unspecified atom stereocenters. The number of anilines is 1. The number of carbonyl (C=O) groups excluding carboxylic acids is 1. The van der Waals surface area contributed by atoms with Gasteiger partial charge < -0.3 is 0 Å². The number of hydrogen-bond donors (Lipinski definition) is 2. The van der Waals surface area contributed by atoms with E-state index in [9.17, 15) is 13.2 Å². The van der Waals surface area contributed by atoms with Gasteiger partial charge in [0.1, 0.15) is 0 Å². The number of aromatic nitrogens is 4. The standard InChI is InChI=1S/C20H18N6O3S/c1-13-3-7-16(8-4-13)30(28,29)17-9-5-15(6-10-17)23-24-19(27)18-22-20-21-12-11-14(2)26(20)25-18/h3-12,23H,1-2H3,(H,24,27). The van der Waals surface area contributed by atoms with Crippen molar-refractivity contribution in [1.29, 1.82) is 0 Å². The number of amides is 1. The molecule has 4 rings (SSSR count). The molecule has 0 atom stereocenters. The number of hydrogen-bond acceptors (Lipinski definition) is 7. The van der Waals surface area contributed by atoms with Crippen LogP contribution in [0.5, 0.6) is 0 Å². The van der Waals surface area contributed by atoms with Crippen molar-refractivity contribution in [3.05, 3.63) is 77.9 Å². The average molecular weight is 422 g/mol. The SMILES string of the molecule is Cc1ccc(S(=O)(=O)c2ccc(NNC(=O)c3nc4nccc(C)n4n3)cc2)cc1. The summed E-state index contributed by atoms with van der Waals surface area (Å²) in [5, 5.41) is 4.12. The second kappa shape index (κ2) is 7.56. The Hall–Kier alpha value is -3.79. The number of benzene rings is 2. The zero-order valence-corrected chi connectivity index (χ0v) is 17.0. The van der Waals surface area contributed by atoms with E-state index in [0.29, 0.717) is 11.5 Å². The van der Waals surface area contributed by atoms with Crippen LogP contribution in [-0.2, 0) is 9.84 Å². The zero-order valence-electron chi connectivity index (χ0n) is 16.2. The summed E-state index contributed by atoms with van der Waals surface area (Å²) >= 11 is 0. The first kappa shape index (κ1) is 19.5. The molecule has 0 saturated heterocycles. The first-order chi connectivity index (χ1) is 14.3. The maximum absolute atomic E-state index is 12.7. The molecule has 0 spiro atoms. The third kappa shape index (κ3) is 3.72. The first-order valence-electron chi connectivity index (χ1n) is 9.01. The smallest absolute Gasteiger partial charge is 0.298 e. The number of nitrogens with zero attached hydrogens (tertiary/aromatic N) is 4. The molecule has 0 saturated carbocycles. The lowest BCUT2D eigenvalue weighted by Crippen LogP contribution is -2.30. The maximum Gasteiger partial charge on any atom is 0.309 e. The molecule has 1 amide bonds. The average Bonchev–Trinajstić information content (AvgIpc) is 3.19. The Balaban J connectivity index is 1.46. The number of carbonyl (C=O) groups is 1. The summed E-state index contributed by atoms with van der Waals surface area (Å²) in [5.74, 6) is -0.259. The molecule has 30 heavy (non-hydrogen) atoms. The summed E-state index contributed by atoms with van der Waals surface area (Å²) < 4.78 is 26.9. The van der Waals surface area contributed by atoms with Crippen molar-refractivity contribution in [3.8, 4) is 0 Å². The van der Waals surface area contributed by atoms with Gasteiger partial charge in [-0.1, -0.05) is 17.7 Å². The van der Waals surface area contributed by atoms with Crippen LogP contribution in [-0.4, -0.2) is 33.9 Å². The van der Waals surface area contributed by atoms with Gasteiger partial charge in [-0.2, -0.15) is 4.98 Å². The molecule has 0 bridgehead atoms. The molecule has 2 aromatic carbocycles. The van der Waals surface area contributed by atoms with E-state index in [4.69, 9.17) is 0 Å². The van der Waals surface area contributed by atoms with E-state index in [0.717, 1.165) is 11.3 Å². The molecule has 2 heterocycles. The highest BCUT2D eigenvalue weighted by Crippen LogP contribution is 2.22. The Morgan fingerprint density at radius 3 is 2.20 bits per heavy atom. The normalized spacial score (nSPS) is 11.4. The highest BCUT2D eigenvalue weighted by molar-refractivity contribution is 7.91. The van der Waals surface area contributed by atoms with E-state index in [1.165, 1.54) is 16.6 Å². The van der Waals surface area contributed by atoms with Crippen LogP contribution in [0.1, 0.15) is 21.9 Å². The molecule has 2 aromatic heterocycles. The summed E-state index contributed by atoms with van der Waals surface area (Å²) in [7, 11) is -3.61. The van der Waals surface area contributed by atoms with Crippen LogP contribution in [0.3, 0.4) is 0 Å². The lowest BCUT2D eigenvalue weighted by molar-refractivity contribution is 0.0952. The number of hydrazine groups is 1. The van der Waals surface area contributed by atoms with Crippen molar-refractivity contribution in [2.75, 3.05) is 5.43 Å². The summed E-state index contributed by atoms with van der Waals surface area (Å²) in [6.07, 6.45) is 1.59. The summed E-state index contributed by atoms with van der Waals surface area (Å²) in [6, 6.07) is 14.5. The van der Waals surface area contributed by atoms with E-state index < -0.39 is 15.7 Å². The molecular weight excluding hydrogens is 404 g/mol. The van der Waals surface area contributed by atoms with Gasteiger partial charge in [0.25, 0.3) is 5.78 Å². The maximum atomic E-state index is 12.7. The number of fused-ring (bicyclic) bond motifs is 1. The van der Waals surface area contributed by atoms with Crippen LogP contribution in [0, 0.1) is 13.8 Å². The molecule has 10 heteroatoms. The van der Waals surface area contributed by atoms with Crippen molar-refractivity contribution < 1.29 is 13.2 Å². The number of sulfone groups is 1. The molecule has 4 aromatic rings. The van der Waals surface area contributed by atoms with Crippen LogP contribution < -0.4 is 10.9 Å². The van der Waals surface area contributed by atoms with Crippen molar-refractivity contribution >= 4 is 27.2 Å². The Morgan fingerprint density at radius 2 is 1.57 bits per heavy atom. The van der Waals surface area contributed by atoms with Gasteiger partial charge in [0.05, 0.1) is 15.5 Å². The fraction of sp³-hybridized carbons (Fsp3) is 0.100. The molecule has 0 aliphatic carbocycles. The lowest BCUT2D eigenvalue weighted by Gasteiger charge is -2.09. The van der Waals surface area contributed by atoms with Crippen LogP contribution in [0.25, 0.3) is 5.78 Å². The number of aryl methyl sites for hydroxylation is 2. The molecule has 0 aliphatic heterocycles. The fourth-order valence-electron chi connectivity index (χ4n) is 2.76. The van der Waals surface area contributed by atoms with Crippen LogP contribution in [0.15, 0.2) is 70.6 Å². The molecular formula is C20H18N6O3S. The van der Waals surface area contributed by atoms with Gasteiger partial charge in [0, 0.05) is 11.9 Å². The minimum atomic E-state index is -3.61. The Kier molecular flexibility index (Phi) is 4.92. The molecule has 0 radical (unpaired) electrons. The van der Waals surface area contributed by atoms with Gasteiger partial charge >= 0.3 is 5.91 Å². The van der Waals surface area contributed by atoms with E-state index in [1.54, 1.807) is 48.7 Å². The van der Waals surface area contributed by atoms with Gasteiger partial charge in [0.15, 0.2) is 0 Å². The van der Waals surface area contributed by atoms with E-state index in [-0.39, 0.29) is 15.6 Å². The third-order valence-corrected chi connectivity index (χ3v) is 6.23. The molecule has 0 fully saturated rings. The zero-order chi connectivity index (χ0) is 21.3. The topological polar surface area (TPSA) is 118 Å². The summed E-state index contributed by atoms with van der Waals surface area (Å²) in [4.78, 5) is 20.8. The first-order valence-corrected chi connectivity index (χ1v) is 10.5. The third-order valence-electron chi connectivity index (χ3n) is 4.45. The van der Waals surface area contributed by atoms with Crippen LogP contribution in [0.4, 0.5) is 5.69 Å². The number of nitrogens with one attached hydrogen (secondary N) is 2. The highest BCUT2D eigenvalue weighted by Gasteiger charge is 2.18. The number of rotatable bonds is 5. The van der Waals surface area contributed by atoms with Crippen LogP contribution >= 0.6 is 0 Å². The van der Waals surface area contributed by atoms with Crippen molar-refractivity contribution in [2.24, 2.45) is 0 Å². The van der Waals surface area contributed by atoms with Gasteiger partial charge in [-0.05, 0) is 56.3 Å². The molecule has 152 valence electrons. The predicted molar refractivity (Wildman–Crippen MR) is 110 cm³/mol. The Morgan fingerprint density at radius 1 is 0.933 bits per heavy atom. The quantitative estimate of drug-likeness (QED) is 0.474. The Bertz CT molecular complexity index is 1330. The minimum absolute atomic E-state index is 0.0390. The fourth-order valence-corrected chi connectivity index (χ4v) is 4.02. The second-order valence-corrected chi connectivity index (χ2v) is 8.60. The van der Waals surface area contributed by atoms with Crippen LogP contribution in [0.2, 0.25) is 0 Å². The molecule has 9 nitrogen and oxygen atoms in total.